The minimum atomic E-state index is -0.206. The van der Waals surface area contributed by atoms with Gasteiger partial charge < -0.3 is 9.32 Å². The largest absolute Gasteiger partial charge is 0.465 e. The van der Waals surface area contributed by atoms with Crippen LogP contribution >= 0.6 is 11.8 Å². The Bertz CT molecular complexity index is 789. The van der Waals surface area contributed by atoms with Crippen molar-refractivity contribution in [2.24, 2.45) is 0 Å². The highest BCUT2D eigenvalue weighted by Crippen LogP contribution is 2.28. The number of carbonyl (C=O) groups excluding carboxylic acids is 1. The molecule has 3 heterocycles. The number of rotatable bonds is 3. The molecule has 0 bridgehead atoms. The smallest absolute Gasteiger partial charge is 0.241 e. The molecule has 2 aliphatic rings. The van der Waals surface area contributed by atoms with Crippen LogP contribution in [-0.4, -0.2) is 29.6 Å². The molecule has 0 aliphatic carbocycles. The van der Waals surface area contributed by atoms with Crippen molar-refractivity contribution < 1.29 is 9.21 Å². The van der Waals surface area contributed by atoms with E-state index < -0.39 is 0 Å². The molecule has 2 unspecified atom stereocenters. The van der Waals surface area contributed by atoms with Crippen LogP contribution in [0.4, 0.5) is 0 Å². The van der Waals surface area contributed by atoms with Crippen LogP contribution in [0.3, 0.4) is 0 Å². The van der Waals surface area contributed by atoms with Gasteiger partial charge in [0.1, 0.15) is 17.6 Å². The summed E-state index contributed by atoms with van der Waals surface area (Å²) in [5, 5.41) is 0. The lowest BCUT2D eigenvalue weighted by molar-refractivity contribution is -0.134. The number of fused-ring (bicyclic) bond motifs is 1. The number of benzene rings is 1. The number of hydrogen-bond donors (Lipinski definition) is 2. The number of hydrazine groups is 1. The Morgan fingerprint density at radius 2 is 2.12 bits per heavy atom. The third-order valence-corrected chi connectivity index (χ3v) is 5.77. The number of furan rings is 1. The van der Waals surface area contributed by atoms with Crippen LogP contribution in [0.2, 0.25) is 0 Å². The van der Waals surface area contributed by atoms with Gasteiger partial charge in [-0.25, -0.2) is 10.9 Å². The second-order valence-electron chi connectivity index (χ2n) is 6.72. The average molecular weight is 357 g/mol. The Kier molecular flexibility index (Phi) is 4.58. The predicted octanol–water partition coefficient (Wildman–Crippen LogP) is 2.80. The van der Waals surface area contributed by atoms with Crippen molar-refractivity contribution in [2.75, 3.05) is 12.8 Å². The first-order valence-electron chi connectivity index (χ1n) is 8.66. The van der Waals surface area contributed by atoms with E-state index in [1.807, 2.05) is 24.0 Å². The summed E-state index contributed by atoms with van der Waals surface area (Å²) in [6.07, 6.45) is 3.73. The minimum Gasteiger partial charge on any atom is -0.465 e. The molecule has 1 fully saturated rings. The summed E-state index contributed by atoms with van der Waals surface area (Å²) in [5.41, 5.74) is 8.98. The molecule has 1 amide bonds. The topological polar surface area (TPSA) is 57.5 Å². The molecule has 4 rings (SSSR count). The van der Waals surface area contributed by atoms with Gasteiger partial charge in [0, 0.05) is 18.0 Å². The highest BCUT2D eigenvalue weighted by Gasteiger charge is 2.35. The Hall–Kier alpha value is -1.76. The van der Waals surface area contributed by atoms with E-state index in [1.54, 1.807) is 11.8 Å². The summed E-state index contributed by atoms with van der Waals surface area (Å²) in [6.45, 7) is 3.42. The lowest BCUT2D eigenvalue weighted by Gasteiger charge is -2.31. The molecule has 6 heteroatoms. The fourth-order valence-electron chi connectivity index (χ4n) is 3.61. The van der Waals surface area contributed by atoms with E-state index in [2.05, 4.69) is 35.3 Å². The van der Waals surface area contributed by atoms with Crippen LogP contribution in [0.5, 0.6) is 0 Å². The normalized spacial score (nSPS) is 22.9. The fraction of sp³-hybridized carbons (Fsp3) is 0.421. The zero-order valence-electron chi connectivity index (χ0n) is 14.5. The van der Waals surface area contributed by atoms with Crippen molar-refractivity contribution in [3.05, 3.63) is 53.0 Å². The number of aryl methyl sites for hydroxylation is 1. The number of nitrogens with one attached hydrogen (secondary N) is 2. The molecule has 0 radical (unpaired) electrons. The standard InChI is InChI=1S/C19H23N3O2S/c1-12-3-6-18(24-12)16-10-17(21-20-16)19(23)22-8-7-13-9-15(25-2)5-4-14(13)11-22/h3-6,9,16-17,20-21H,7-8,10-11H2,1-2H3. The molecule has 2 atom stereocenters. The number of amides is 1. The molecule has 2 N–H and O–H groups in total. The van der Waals surface area contributed by atoms with Gasteiger partial charge >= 0.3 is 0 Å². The van der Waals surface area contributed by atoms with E-state index in [9.17, 15) is 4.79 Å². The molecule has 2 aliphatic heterocycles. The summed E-state index contributed by atoms with van der Waals surface area (Å²) in [5.74, 6) is 1.94. The highest BCUT2D eigenvalue weighted by atomic mass is 32.2. The fourth-order valence-corrected chi connectivity index (χ4v) is 4.07. The molecule has 0 spiro atoms. The SMILES string of the molecule is CSc1ccc2c(c1)CCN(C(=O)C1CC(c3ccc(C)o3)NN1)C2. The maximum Gasteiger partial charge on any atom is 0.241 e. The second kappa shape index (κ2) is 6.86. The average Bonchev–Trinajstić information content (AvgIpc) is 3.29. The Morgan fingerprint density at radius 1 is 1.24 bits per heavy atom. The second-order valence-corrected chi connectivity index (χ2v) is 7.60. The van der Waals surface area contributed by atoms with Crippen molar-refractivity contribution in [1.29, 1.82) is 0 Å². The molecule has 1 aromatic carbocycles. The first-order chi connectivity index (χ1) is 12.1. The monoisotopic (exact) mass is 357 g/mol. The predicted molar refractivity (Wildman–Crippen MR) is 98.2 cm³/mol. The number of thioether (sulfide) groups is 1. The lowest BCUT2D eigenvalue weighted by Crippen LogP contribution is -2.47. The van der Waals surface area contributed by atoms with E-state index >= 15 is 0 Å². The van der Waals surface area contributed by atoms with E-state index in [1.165, 1.54) is 16.0 Å². The quantitative estimate of drug-likeness (QED) is 0.828. The number of hydrogen-bond acceptors (Lipinski definition) is 5. The summed E-state index contributed by atoms with van der Waals surface area (Å²) in [6, 6.07) is 10.3. The summed E-state index contributed by atoms with van der Waals surface area (Å²) in [4.78, 5) is 16.2. The summed E-state index contributed by atoms with van der Waals surface area (Å²) >= 11 is 1.76. The molecule has 1 aromatic heterocycles. The number of carbonyl (C=O) groups is 1. The van der Waals surface area contributed by atoms with E-state index in [4.69, 9.17) is 4.42 Å². The van der Waals surface area contributed by atoms with Crippen LogP contribution in [0.1, 0.15) is 35.1 Å². The van der Waals surface area contributed by atoms with Gasteiger partial charge in [-0.15, -0.1) is 11.8 Å². The van der Waals surface area contributed by atoms with Gasteiger partial charge in [0.05, 0.1) is 6.04 Å². The molecule has 2 aromatic rings. The Morgan fingerprint density at radius 3 is 2.88 bits per heavy atom. The Balaban J connectivity index is 1.42. The van der Waals surface area contributed by atoms with E-state index in [0.29, 0.717) is 13.0 Å². The molecular formula is C19H23N3O2S. The van der Waals surface area contributed by atoms with Gasteiger partial charge in [-0.3, -0.25) is 4.79 Å². The lowest BCUT2D eigenvalue weighted by atomic mass is 9.98. The molecule has 132 valence electrons. The van der Waals surface area contributed by atoms with Gasteiger partial charge in [-0.1, -0.05) is 6.07 Å². The van der Waals surface area contributed by atoms with Crippen molar-refractivity contribution in [3.63, 3.8) is 0 Å². The van der Waals surface area contributed by atoms with Crippen molar-refractivity contribution in [1.82, 2.24) is 15.8 Å². The van der Waals surface area contributed by atoms with Crippen molar-refractivity contribution in [3.8, 4) is 0 Å². The zero-order valence-corrected chi connectivity index (χ0v) is 15.4. The van der Waals surface area contributed by atoms with Crippen LogP contribution in [0.15, 0.2) is 39.6 Å². The molecular weight excluding hydrogens is 334 g/mol. The van der Waals surface area contributed by atoms with Crippen LogP contribution in [0.25, 0.3) is 0 Å². The first kappa shape index (κ1) is 16.7. The van der Waals surface area contributed by atoms with Crippen molar-refractivity contribution in [2.45, 2.75) is 43.3 Å². The van der Waals surface area contributed by atoms with Crippen LogP contribution in [-0.2, 0) is 17.8 Å². The minimum absolute atomic E-state index is 0.0452. The first-order valence-corrected chi connectivity index (χ1v) is 9.88. The maximum absolute atomic E-state index is 12.9. The van der Waals surface area contributed by atoms with Crippen molar-refractivity contribution >= 4 is 17.7 Å². The third-order valence-electron chi connectivity index (χ3n) is 5.04. The zero-order chi connectivity index (χ0) is 17.4. The van der Waals surface area contributed by atoms with E-state index in [-0.39, 0.29) is 18.0 Å². The van der Waals surface area contributed by atoms with E-state index in [0.717, 1.165) is 24.5 Å². The Labute approximate surface area is 152 Å². The summed E-state index contributed by atoms with van der Waals surface area (Å²) in [7, 11) is 0. The molecule has 1 saturated heterocycles. The number of nitrogens with zero attached hydrogens (tertiary/aromatic N) is 1. The highest BCUT2D eigenvalue weighted by molar-refractivity contribution is 7.98. The molecule has 25 heavy (non-hydrogen) atoms. The third kappa shape index (κ3) is 3.34. The van der Waals surface area contributed by atoms with Gasteiger partial charge in [0.15, 0.2) is 0 Å². The van der Waals surface area contributed by atoms with Crippen LogP contribution in [0, 0.1) is 6.92 Å². The van der Waals surface area contributed by atoms with Gasteiger partial charge in [-0.05, 0) is 61.4 Å². The van der Waals surface area contributed by atoms with Crippen LogP contribution < -0.4 is 10.9 Å². The molecule has 0 saturated carbocycles. The van der Waals surface area contributed by atoms with Gasteiger partial charge in [0.25, 0.3) is 0 Å². The maximum atomic E-state index is 12.9. The van der Waals surface area contributed by atoms with Gasteiger partial charge in [0.2, 0.25) is 5.91 Å². The molecule has 5 nitrogen and oxygen atoms in total. The summed E-state index contributed by atoms with van der Waals surface area (Å²) < 4.78 is 5.68. The van der Waals surface area contributed by atoms with Gasteiger partial charge in [-0.2, -0.15) is 0 Å².